The molecule has 0 aromatic heterocycles. The molecule has 35 heavy (non-hydrogen) atoms. The lowest BCUT2D eigenvalue weighted by Gasteiger charge is -2.38. The van der Waals surface area contributed by atoms with Gasteiger partial charge in [0.05, 0.1) is 47.3 Å². The van der Waals surface area contributed by atoms with E-state index in [1.165, 1.54) is 0 Å². The molecule has 0 unspecified atom stereocenters. The number of hydrogen-bond donors (Lipinski definition) is 0. The molecule has 2 aliphatic rings. The molecule has 0 saturated heterocycles. The highest BCUT2D eigenvalue weighted by molar-refractivity contribution is 6.02. The average Bonchev–Trinajstić information content (AvgIpc) is 3.37. The molecule has 0 N–H and O–H groups in total. The second-order valence-corrected chi connectivity index (χ2v) is 8.19. The van der Waals surface area contributed by atoms with Crippen molar-refractivity contribution in [1.82, 2.24) is 5.01 Å². The Hall–Kier alpha value is -4.07. The number of methoxy groups -OCH3 is 5. The van der Waals surface area contributed by atoms with Gasteiger partial charge in [-0.15, -0.1) is 0 Å². The Morgan fingerprint density at radius 3 is 2.17 bits per heavy atom. The van der Waals surface area contributed by atoms with Crippen LogP contribution < -0.4 is 28.4 Å². The van der Waals surface area contributed by atoms with Crippen LogP contribution in [0.2, 0.25) is 0 Å². The molecule has 0 radical (unpaired) electrons. The van der Waals surface area contributed by atoms with Gasteiger partial charge in [0.1, 0.15) is 5.75 Å². The van der Waals surface area contributed by atoms with Crippen LogP contribution in [0.4, 0.5) is 0 Å². The summed E-state index contributed by atoms with van der Waals surface area (Å²) in [4.78, 5) is 0. The first-order chi connectivity index (χ1) is 17.1. The summed E-state index contributed by atoms with van der Waals surface area (Å²) >= 11 is 0. The Bertz CT molecular complexity index is 1250. The lowest BCUT2D eigenvalue weighted by molar-refractivity contribution is -0.0211. The number of hydrazone groups is 1. The van der Waals surface area contributed by atoms with E-state index in [2.05, 4.69) is 6.07 Å². The molecule has 0 fully saturated rings. The van der Waals surface area contributed by atoms with E-state index in [1.54, 1.807) is 35.5 Å². The van der Waals surface area contributed by atoms with E-state index in [-0.39, 0.29) is 6.04 Å². The number of ether oxygens (including phenoxy) is 6. The van der Waals surface area contributed by atoms with Gasteiger partial charge in [0.25, 0.3) is 0 Å². The van der Waals surface area contributed by atoms with Crippen molar-refractivity contribution in [1.29, 1.82) is 0 Å². The van der Waals surface area contributed by atoms with Gasteiger partial charge in [0, 0.05) is 23.1 Å². The van der Waals surface area contributed by atoms with Crippen molar-refractivity contribution < 1.29 is 28.4 Å². The predicted molar refractivity (Wildman–Crippen MR) is 131 cm³/mol. The van der Waals surface area contributed by atoms with Gasteiger partial charge in [0.15, 0.2) is 23.0 Å². The Morgan fingerprint density at radius 1 is 0.800 bits per heavy atom. The van der Waals surface area contributed by atoms with Crippen molar-refractivity contribution in [3.05, 3.63) is 71.3 Å². The Kier molecular flexibility index (Phi) is 6.03. The number of hydrogen-bond acceptors (Lipinski definition) is 8. The summed E-state index contributed by atoms with van der Waals surface area (Å²) in [5.41, 5.74) is 3.80. The Morgan fingerprint density at radius 2 is 1.51 bits per heavy atom. The van der Waals surface area contributed by atoms with Gasteiger partial charge in [-0.1, -0.05) is 24.3 Å². The number of fused-ring (bicyclic) bond motifs is 3. The Balaban J connectivity index is 1.65. The standard InChI is InChI=1S/C27H28N2O6/c1-30-18-9-6-8-16(12-18)20-15-21-19-10-7-11-22(31-2)25(19)35-27(29(21)28-20)17-13-23(32-3)26(34-5)24(14-17)33-4/h6-14,21,27H,15H2,1-5H3/t21-,27-/m0/s1. The first-order valence-electron chi connectivity index (χ1n) is 11.3. The van der Waals surface area contributed by atoms with E-state index in [0.717, 1.165) is 28.2 Å². The maximum absolute atomic E-state index is 6.57. The smallest absolute Gasteiger partial charge is 0.214 e. The van der Waals surface area contributed by atoms with Crippen molar-refractivity contribution in [3.8, 4) is 34.5 Å². The summed E-state index contributed by atoms with van der Waals surface area (Å²) in [6.45, 7) is 0. The summed E-state index contributed by atoms with van der Waals surface area (Å²) in [6, 6.07) is 17.6. The SMILES string of the molecule is COc1cccc(C2=NN3[C@@H](C2)c2cccc(OC)c2O[C@H]3c2cc(OC)c(OC)c(OC)c2)c1. The fourth-order valence-electron chi connectivity index (χ4n) is 4.69. The van der Waals surface area contributed by atoms with Crippen LogP contribution in [0.3, 0.4) is 0 Å². The minimum atomic E-state index is -0.541. The minimum Gasteiger partial charge on any atom is -0.497 e. The van der Waals surface area contributed by atoms with Crippen LogP contribution in [0.5, 0.6) is 34.5 Å². The highest BCUT2D eigenvalue weighted by atomic mass is 16.5. The first-order valence-corrected chi connectivity index (χ1v) is 11.3. The topological polar surface area (TPSA) is 71.0 Å². The minimum absolute atomic E-state index is 0.0425. The molecule has 3 aromatic rings. The summed E-state index contributed by atoms with van der Waals surface area (Å²) in [7, 11) is 8.08. The highest BCUT2D eigenvalue weighted by Gasteiger charge is 2.42. The summed E-state index contributed by atoms with van der Waals surface area (Å²) in [5.74, 6) is 3.78. The third-order valence-corrected chi connectivity index (χ3v) is 6.38. The quantitative estimate of drug-likeness (QED) is 0.477. The largest absolute Gasteiger partial charge is 0.497 e. The molecule has 2 aliphatic heterocycles. The van der Waals surface area contributed by atoms with Crippen LogP contribution in [-0.4, -0.2) is 46.3 Å². The van der Waals surface area contributed by atoms with Crippen LogP contribution in [0.1, 0.15) is 35.4 Å². The van der Waals surface area contributed by atoms with E-state index in [4.69, 9.17) is 33.5 Å². The molecular weight excluding hydrogens is 448 g/mol. The fraction of sp³-hybridized carbons (Fsp3) is 0.296. The Labute approximate surface area is 204 Å². The first kappa shape index (κ1) is 22.7. The number of para-hydroxylation sites is 1. The van der Waals surface area contributed by atoms with E-state index in [0.29, 0.717) is 35.2 Å². The van der Waals surface area contributed by atoms with Crippen molar-refractivity contribution in [2.75, 3.05) is 35.5 Å². The van der Waals surface area contributed by atoms with Gasteiger partial charge >= 0.3 is 0 Å². The molecule has 2 heterocycles. The molecule has 5 rings (SSSR count). The van der Waals surface area contributed by atoms with Crippen molar-refractivity contribution in [2.45, 2.75) is 18.7 Å². The average molecular weight is 477 g/mol. The molecule has 3 aromatic carbocycles. The van der Waals surface area contributed by atoms with E-state index in [9.17, 15) is 0 Å². The van der Waals surface area contributed by atoms with Crippen LogP contribution in [-0.2, 0) is 0 Å². The summed E-state index contributed by atoms with van der Waals surface area (Å²) in [5, 5.41) is 7.03. The van der Waals surface area contributed by atoms with Crippen LogP contribution in [0, 0.1) is 0 Å². The molecule has 2 atom stereocenters. The molecule has 8 nitrogen and oxygen atoms in total. The molecule has 0 spiro atoms. The van der Waals surface area contributed by atoms with Crippen molar-refractivity contribution in [3.63, 3.8) is 0 Å². The number of nitrogens with zero attached hydrogens (tertiary/aromatic N) is 2. The van der Waals surface area contributed by atoms with Gasteiger partial charge in [-0.3, -0.25) is 0 Å². The highest BCUT2D eigenvalue weighted by Crippen LogP contribution is 2.52. The van der Waals surface area contributed by atoms with Crippen molar-refractivity contribution in [2.24, 2.45) is 5.10 Å². The van der Waals surface area contributed by atoms with E-state index in [1.807, 2.05) is 53.5 Å². The molecular formula is C27H28N2O6. The van der Waals surface area contributed by atoms with Gasteiger partial charge < -0.3 is 28.4 Å². The van der Waals surface area contributed by atoms with Gasteiger partial charge in [-0.2, -0.15) is 5.10 Å². The van der Waals surface area contributed by atoms with Crippen LogP contribution >= 0.6 is 0 Å². The zero-order valence-electron chi connectivity index (χ0n) is 20.4. The predicted octanol–water partition coefficient (Wildman–Crippen LogP) is 4.97. The normalized spacial score (nSPS) is 18.1. The number of rotatable bonds is 7. The molecule has 8 heteroatoms. The van der Waals surface area contributed by atoms with Gasteiger partial charge in [-0.25, -0.2) is 5.01 Å². The third-order valence-electron chi connectivity index (χ3n) is 6.38. The summed E-state index contributed by atoms with van der Waals surface area (Å²) in [6.07, 6.45) is 0.165. The zero-order chi connectivity index (χ0) is 24.5. The van der Waals surface area contributed by atoms with Crippen LogP contribution in [0.15, 0.2) is 59.7 Å². The maximum atomic E-state index is 6.57. The molecule has 0 saturated carbocycles. The zero-order valence-corrected chi connectivity index (χ0v) is 20.4. The second-order valence-electron chi connectivity index (χ2n) is 8.19. The molecule has 182 valence electrons. The number of benzene rings is 3. The molecule has 0 amide bonds. The van der Waals surface area contributed by atoms with E-state index < -0.39 is 6.23 Å². The summed E-state index contributed by atoms with van der Waals surface area (Å²) < 4.78 is 34.4. The van der Waals surface area contributed by atoms with Gasteiger partial charge in [-0.05, 0) is 30.3 Å². The maximum Gasteiger partial charge on any atom is 0.214 e. The van der Waals surface area contributed by atoms with Crippen molar-refractivity contribution >= 4 is 5.71 Å². The lowest BCUT2D eigenvalue weighted by Crippen LogP contribution is -2.34. The monoisotopic (exact) mass is 476 g/mol. The molecule has 0 aliphatic carbocycles. The lowest BCUT2D eigenvalue weighted by atomic mass is 9.95. The van der Waals surface area contributed by atoms with E-state index >= 15 is 0 Å². The van der Waals surface area contributed by atoms with Gasteiger partial charge in [0.2, 0.25) is 12.0 Å². The van der Waals surface area contributed by atoms with Crippen LogP contribution in [0.25, 0.3) is 0 Å². The fourth-order valence-corrected chi connectivity index (χ4v) is 4.69. The molecule has 0 bridgehead atoms. The second kappa shape index (κ2) is 9.29. The third kappa shape index (κ3) is 3.84.